The number of benzene rings is 7. The highest BCUT2D eigenvalue weighted by Gasteiger charge is 2.22. The van der Waals surface area contributed by atoms with Gasteiger partial charge in [0, 0.05) is 32.5 Å². The molecule has 0 saturated heterocycles. The molecular formula is C40H23N3O. The molecule has 204 valence electrons. The summed E-state index contributed by atoms with van der Waals surface area (Å²) >= 11 is 0. The average molecular weight is 562 g/mol. The van der Waals surface area contributed by atoms with Crippen LogP contribution in [-0.4, -0.2) is 14.5 Å². The Kier molecular flexibility index (Phi) is 4.69. The molecule has 7 aromatic carbocycles. The van der Waals surface area contributed by atoms with Crippen LogP contribution in [0.15, 0.2) is 144 Å². The fourth-order valence-corrected chi connectivity index (χ4v) is 6.99. The molecule has 0 N–H and O–H groups in total. The van der Waals surface area contributed by atoms with Gasteiger partial charge in [-0.3, -0.25) is 4.57 Å². The van der Waals surface area contributed by atoms with E-state index >= 15 is 0 Å². The van der Waals surface area contributed by atoms with Crippen LogP contribution >= 0.6 is 0 Å². The van der Waals surface area contributed by atoms with Gasteiger partial charge in [0.15, 0.2) is 5.82 Å². The Morgan fingerprint density at radius 1 is 0.477 bits per heavy atom. The molecule has 0 saturated carbocycles. The maximum absolute atomic E-state index is 6.28. The number of fused-ring (bicyclic) bond motifs is 11. The van der Waals surface area contributed by atoms with Crippen LogP contribution < -0.4 is 0 Å². The standard InChI is InChI=1S/C40H23N3O/c1-2-10-25-23-26(18-17-24(25)9-1)38-40(42-33-14-6-5-13-32(33)41-38)43-34-15-7-3-11-27(34)29-20-19-28-30(39(29)43)21-22-36-37(28)31-12-4-8-16-35(31)44-36/h1-23H. The Hall–Kier alpha value is -6.00. The first-order valence-electron chi connectivity index (χ1n) is 14.8. The highest BCUT2D eigenvalue weighted by molar-refractivity contribution is 6.26. The normalized spacial score (nSPS) is 12.1. The number of hydrogen-bond acceptors (Lipinski definition) is 3. The van der Waals surface area contributed by atoms with Crippen LogP contribution in [-0.2, 0) is 0 Å². The van der Waals surface area contributed by atoms with E-state index in [-0.39, 0.29) is 0 Å². The zero-order valence-electron chi connectivity index (χ0n) is 23.5. The molecule has 0 unspecified atom stereocenters. The van der Waals surface area contributed by atoms with E-state index in [0.29, 0.717) is 0 Å². The minimum Gasteiger partial charge on any atom is -0.456 e. The molecule has 0 amide bonds. The van der Waals surface area contributed by atoms with Crippen molar-refractivity contribution < 1.29 is 4.42 Å². The molecule has 0 radical (unpaired) electrons. The molecule has 0 atom stereocenters. The molecule has 0 bridgehead atoms. The van der Waals surface area contributed by atoms with E-state index in [0.717, 1.165) is 71.9 Å². The van der Waals surface area contributed by atoms with Crippen molar-refractivity contribution in [3.63, 3.8) is 0 Å². The Morgan fingerprint density at radius 3 is 2.07 bits per heavy atom. The molecule has 44 heavy (non-hydrogen) atoms. The smallest absolute Gasteiger partial charge is 0.165 e. The second kappa shape index (κ2) is 8.76. The molecule has 0 aliphatic rings. The van der Waals surface area contributed by atoms with Gasteiger partial charge in [-0.2, -0.15) is 0 Å². The summed E-state index contributed by atoms with van der Waals surface area (Å²) in [6, 6.07) is 48.8. The lowest BCUT2D eigenvalue weighted by molar-refractivity contribution is 0.669. The Bertz CT molecular complexity index is 2790. The first kappa shape index (κ1) is 23.6. The van der Waals surface area contributed by atoms with Crippen LogP contribution in [0.1, 0.15) is 0 Å². The van der Waals surface area contributed by atoms with Gasteiger partial charge in [-0.15, -0.1) is 0 Å². The van der Waals surface area contributed by atoms with Crippen molar-refractivity contribution in [2.24, 2.45) is 0 Å². The highest BCUT2D eigenvalue weighted by Crippen LogP contribution is 2.42. The summed E-state index contributed by atoms with van der Waals surface area (Å²) in [5.41, 5.74) is 7.62. The van der Waals surface area contributed by atoms with Crippen LogP contribution in [0.4, 0.5) is 0 Å². The van der Waals surface area contributed by atoms with Crippen molar-refractivity contribution in [3.8, 4) is 17.1 Å². The lowest BCUT2D eigenvalue weighted by atomic mass is 10.0. The molecule has 3 aromatic heterocycles. The number of nitrogens with zero attached hydrogens (tertiary/aromatic N) is 3. The average Bonchev–Trinajstić information content (AvgIpc) is 3.63. The third-order valence-electron chi connectivity index (χ3n) is 8.96. The summed E-state index contributed by atoms with van der Waals surface area (Å²) in [5, 5.41) is 9.30. The SMILES string of the molecule is c1ccc2cc(-c3nc4ccccc4nc3-n3c4ccccc4c4ccc5c(ccc6oc7ccccc7c65)c43)ccc2c1. The summed E-state index contributed by atoms with van der Waals surface area (Å²) < 4.78 is 8.60. The van der Waals surface area contributed by atoms with Gasteiger partial charge in [0.2, 0.25) is 0 Å². The van der Waals surface area contributed by atoms with Crippen LogP contribution in [0.2, 0.25) is 0 Å². The summed E-state index contributed by atoms with van der Waals surface area (Å²) in [5.74, 6) is 0.815. The monoisotopic (exact) mass is 561 g/mol. The minimum absolute atomic E-state index is 0.815. The van der Waals surface area contributed by atoms with Crippen molar-refractivity contribution in [2.75, 3.05) is 0 Å². The topological polar surface area (TPSA) is 43.9 Å². The Labute approximate surface area is 251 Å². The molecule has 0 aliphatic heterocycles. The third kappa shape index (κ3) is 3.22. The molecule has 10 aromatic rings. The number of para-hydroxylation sites is 4. The van der Waals surface area contributed by atoms with Gasteiger partial charge in [0.05, 0.1) is 22.1 Å². The zero-order valence-corrected chi connectivity index (χ0v) is 23.5. The van der Waals surface area contributed by atoms with Gasteiger partial charge < -0.3 is 4.42 Å². The van der Waals surface area contributed by atoms with Gasteiger partial charge in [0.25, 0.3) is 0 Å². The number of rotatable bonds is 2. The predicted molar refractivity (Wildman–Crippen MR) is 182 cm³/mol. The Balaban J connectivity index is 1.39. The van der Waals surface area contributed by atoms with E-state index in [9.17, 15) is 0 Å². The van der Waals surface area contributed by atoms with E-state index in [4.69, 9.17) is 14.4 Å². The molecule has 0 spiro atoms. The molecule has 4 heteroatoms. The third-order valence-corrected chi connectivity index (χ3v) is 8.96. The van der Waals surface area contributed by atoms with Crippen LogP contribution in [0.3, 0.4) is 0 Å². The fraction of sp³-hybridized carbons (Fsp3) is 0. The van der Waals surface area contributed by atoms with Gasteiger partial charge in [-0.25, -0.2) is 9.97 Å². The highest BCUT2D eigenvalue weighted by atomic mass is 16.3. The van der Waals surface area contributed by atoms with Gasteiger partial charge in [0.1, 0.15) is 16.9 Å². The minimum atomic E-state index is 0.815. The molecule has 0 fully saturated rings. The molecule has 3 heterocycles. The summed E-state index contributed by atoms with van der Waals surface area (Å²) in [4.78, 5) is 10.7. The second-order valence-corrected chi connectivity index (χ2v) is 11.4. The van der Waals surface area contributed by atoms with Crippen molar-refractivity contribution in [1.82, 2.24) is 14.5 Å². The fourth-order valence-electron chi connectivity index (χ4n) is 6.99. The van der Waals surface area contributed by atoms with Crippen molar-refractivity contribution in [1.29, 1.82) is 0 Å². The number of aromatic nitrogens is 3. The van der Waals surface area contributed by atoms with Crippen LogP contribution in [0.5, 0.6) is 0 Å². The molecule has 10 rings (SSSR count). The quantitative estimate of drug-likeness (QED) is 0.211. The maximum Gasteiger partial charge on any atom is 0.165 e. The second-order valence-electron chi connectivity index (χ2n) is 11.4. The first-order valence-corrected chi connectivity index (χ1v) is 14.8. The first-order chi connectivity index (χ1) is 21.8. The van der Waals surface area contributed by atoms with Crippen molar-refractivity contribution in [2.45, 2.75) is 0 Å². The van der Waals surface area contributed by atoms with Crippen molar-refractivity contribution >= 4 is 76.3 Å². The van der Waals surface area contributed by atoms with E-state index in [1.54, 1.807) is 0 Å². The van der Waals surface area contributed by atoms with Crippen LogP contribution in [0, 0.1) is 0 Å². The predicted octanol–water partition coefficient (Wildman–Crippen LogP) is 10.6. The summed E-state index contributed by atoms with van der Waals surface area (Å²) in [6.07, 6.45) is 0. The largest absolute Gasteiger partial charge is 0.456 e. The van der Waals surface area contributed by atoms with Gasteiger partial charge in [-0.1, -0.05) is 97.1 Å². The van der Waals surface area contributed by atoms with E-state index in [2.05, 4.69) is 108 Å². The van der Waals surface area contributed by atoms with Crippen LogP contribution in [0.25, 0.3) is 93.4 Å². The van der Waals surface area contributed by atoms with E-state index < -0.39 is 0 Å². The maximum atomic E-state index is 6.28. The molecule has 0 aliphatic carbocycles. The molecule has 4 nitrogen and oxygen atoms in total. The van der Waals surface area contributed by atoms with Gasteiger partial charge >= 0.3 is 0 Å². The lowest BCUT2D eigenvalue weighted by Crippen LogP contribution is -2.04. The zero-order chi connectivity index (χ0) is 28.8. The summed E-state index contributed by atoms with van der Waals surface area (Å²) in [6.45, 7) is 0. The molecular weight excluding hydrogens is 538 g/mol. The Morgan fingerprint density at radius 2 is 1.16 bits per heavy atom. The number of furan rings is 1. The lowest BCUT2D eigenvalue weighted by Gasteiger charge is -2.15. The summed E-state index contributed by atoms with van der Waals surface area (Å²) in [7, 11) is 0. The number of hydrogen-bond donors (Lipinski definition) is 0. The van der Waals surface area contributed by atoms with E-state index in [1.807, 2.05) is 36.4 Å². The van der Waals surface area contributed by atoms with Crippen molar-refractivity contribution in [3.05, 3.63) is 140 Å². The van der Waals surface area contributed by atoms with E-state index in [1.165, 1.54) is 21.5 Å². The van der Waals surface area contributed by atoms with Gasteiger partial charge in [-0.05, 0) is 58.6 Å².